The van der Waals surface area contributed by atoms with Gasteiger partial charge < -0.3 is 14.8 Å². The van der Waals surface area contributed by atoms with Gasteiger partial charge in [-0.15, -0.1) is 0 Å². The highest BCUT2D eigenvalue weighted by Gasteiger charge is 2.21. The molecular weight excluding hydrogens is 310 g/mol. The van der Waals surface area contributed by atoms with Crippen LogP contribution in [0.5, 0.6) is 5.75 Å². The zero-order valence-electron chi connectivity index (χ0n) is 10.9. The van der Waals surface area contributed by atoms with Gasteiger partial charge in [0.2, 0.25) is 0 Å². The number of hydrogen-bond donors (Lipinski definition) is 1. The molecule has 1 fully saturated rings. The van der Waals surface area contributed by atoms with Crippen LogP contribution in [-0.4, -0.2) is 31.3 Å². The standard InChI is InChI=1S/C14H18BrNO3/c1-10(19-13-7-3-2-6-12(13)15)14(17)16-11-5-4-8-18-9-11/h2-3,6-7,10-11H,4-5,8-9H2,1H3,(H,16,17)/t10-,11-/m0/s1. The van der Waals surface area contributed by atoms with Crippen molar-refractivity contribution in [2.45, 2.75) is 31.9 Å². The molecule has 0 saturated carbocycles. The molecule has 1 aliphatic heterocycles. The predicted molar refractivity (Wildman–Crippen MR) is 76.2 cm³/mol. The van der Waals surface area contributed by atoms with Crippen LogP contribution in [-0.2, 0) is 9.53 Å². The quantitative estimate of drug-likeness (QED) is 0.924. The predicted octanol–water partition coefficient (Wildman–Crippen LogP) is 2.51. The van der Waals surface area contributed by atoms with E-state index >= 15 is 0 Å². The molecule has 1 aliphatic rings. The summed E-state index contributed by atoms with van der Waals surface area (Å²) in [6.07, 6.45) is 1.43. The van der Waals surface area contributed by atoms with E-state index in [4.69, 9.17) is 9.47 Å². The Kier molecular flexibility index (Phi) is 5.22. The zero-order valence-corrected chi connectivity index (χ0v) is 12.5. The van der Waals surface area contributed by atoms with Crippen molar-refractivity contribution in [3.05, 3.63) is 28.7 Å². The molecule has 0 aliphatic carbocycles. The number of carbonyl (C=O) groups excluding carboxylic acids is 1. The third-order valence-corrected chi connectivity index (χ3v) is 3.67. The highest BCUT2D eigenvalue weighted by molar-refractivity contribution is 9.10. The van der Waals surface area contributed by atoms with Gasteiger partial charge in [-0.05, 0) is 47.8 Å². The number of carbonyl (C=O) groups is 1. The fourth-order valence-electron chi connectivity index (χ4n) is 1.96. The monoisotopic (exact) mass is 327 g/mol. The van der Waals surface area contributed by atoms with Crippen LogP contribution in [0.4, 0.5) is 0 Å². The van der Waals surface area contributed by atoms with E-state index in [-0.39, 0.29) is 11.9 Å². The summed E-state index contributed by atoms with van der Waals surface area (Å²) >= 11 is 3.40. The summed E-state index contributed by atoms with van der Waals surface area (Å²) in [5, 5.41) is 2.95. The Morgan fingerprint density at radius 3 is 3.00 bits per heavy atom. The van der Waals surface area contributed by atoms with Gasteiger partial charge in [-0.25, -0.2) is 0 Å². The minimum absolute atomic E-state index is 0.103. The van der Waals surface area contributed by atoms with E-state index in [1.54, 1.807) is 6.92 Å². The lowest BCUT2D eigenvalue weighted by atomic mass is 10.1. The summed E-state index contributed by atoms with van der Waals surface area (Å²) in [6.45, 7) is 3.13. The number of benzene rings is 1. The van der Waals surface area contributed by atoms with Gasteiger partial charge in [0.15, 0.2) is 6.10 Å². The van der Waals surface area contributed by atoms with Crippen molar-refractivity contribution in [2.24, 2.45) is 0 Å². The van der Waals surface area contributed by atoms with Crippen molar-refractivity contribution in [3.63, 3.8) is 0 Å². The van der Waals surface area contributed by atoms with Crippen molar-refractivity contribution in [3.8, 4) is 5.75 Å². The minimum atomic E-state index is -0.527. The van der Waals surface area contributed by atoms with Crippen molar-refractivity contribution in [2.75, 3.05) is 13.2 Å². The molecule has 1 N–H and O–H groups in total. The molecular formula is C14H18BrNO3. The average Bonchev–Trinajstić information content (AvgIpc) is 2.42. The number of para-hydroxylation sites is 1. The van der Waals surface area contributed by atoms with Crippen molar-refractivity contribution in [1.29, 1.82) is 0 Å². The average molecular weight is 328 g/mol. The lowest BCUT2D eigenvalue weighted by Gasteiger charge is -2.25. The highest BCUT2D eigenvalue weighted by atomic mass is 79.9. The first-order chi connectivity index (χ1) is 9.16. The molecule has 104 valence electrons. The molecule has 2 atom stereocenters. The third kappa shape index (κ3) is 4.21. The fourth-order valence-corrected chi connectivity index (χ4v) is 2.34. The lowest BCUT2D eigenvalue weighted by molar-refractivity contribution is -0.128. The second-order valence-corrected chi connectivity index (χ2v) is 5.47. The van der Waals surface area contributed by atoms with Crippen LogP contribution in [0.15, 0.2) is 28.7 Å². The normalized spacial score (nSPS) is 20.6. The molecule has 1 saturated heterocycles. The van der Waals surface area contributed by atoms with Crippen LogP contribution in [0.1, 0.15) is 19.8 Å². The van der Waals surface area contributed by atoms with Crippen LogP contribution in [0.25, 0.3) is 0 Å². The largest absolute Gasteiger partial charge is 0.480 e. The molecule has 0 spiro atoms. The Hall–Kier alpha value is -1.07. The minimum Gasteiger partial charge on any atom is -0.480 e. The summed E-state index contributed by atoms with van der Waals surface area (Å²) in [7, 11) is 0. The first-order valence-corrected chi connectivity index (χ1v) is 7.25. The van der Waals surface area contributed by atoms with E-state index in [1.165, 1.54) is 0 Å². The molecule has 5 heteroatoms. The number of halogens is 1. The zero-order chi connectivity index (χ0) is 13.7. The van der Waals surface area contributed by atoms with Crippen LogP contribution < -0.4 is 10.1 Å². The van der Waals surface area contributed by atoms with Crippen molar-refractivity contribution < 1.29 is 14.3 Å². The van der Waals surface area contributed by atoms with Gasteiger partial charge in [-0.2, -0.15) is 0 Å². The Morgan fingerprint density at radius 1 is 1.53 bits per heavy atom. The SMILES string of the molecule is C[C@H](Oc1ccccc1Br)C(=O)N[C@H]1CCCOC1. The van der Waals surface area contributed by atoms with Crippen LogP contribution >= 0.6 is 15.9 Å². The number of ether oxygens (including phenoxy) is 2. The Labute approximate surface area is 121 Å². The molecule has 0 radical (unpaired) electrons. The van der Waals surface area contributed by atoms with E-state index < -0.39 is 6.10 Å². The molecule has 0 bridgehead atoms. The lowest BCUT2D eigenvalue weighted by Crippen LogP contribution is -2.46. The topological polar surface area (TPSA) is 47.6 Å². The summed E-state index contributed by atoms with van der Waals surface area (Å²) in [4.78, 5) is 12.0. The van der Waals surface area contributed by atoms with Gasteiger partial charge in [-0.3, -0.25) is 4.79 Å². The van der Waals surface area contributed by atoms with Crippen molar-refractivity contribution in [1.82, 2.24) is 5.32 Å². The molecule has 1 aromatic carbocycles. The van der Waals surface area contributed by atoms with Gasteiger partial charge in [-0.1, -0.05) is 12.1 Å². The first kappa shape index (κ1) is 14.3. The molecule has 2 rings (SSSR count). The second-order valence-electron chi connectivity index (χ2n) is 4.61. The number of amides is 1. The number of nitrogens with one attached hydrogen (secondary N) is 1. The number of hydrogen-bond acceptors (Lipinski definition) is 3. The van der Waals surface area contributed by atoms with Crippen molar-refractivity contribution >= 4 is 21.8 Å². The molecule has 1 aromatic rings. The van der Waals surface area contributed by atoms with E-state index in [1.807, 2.05) is 24.3 Å². The van der Waals surface area contributed by atoms with Crippen LogP contribution in [0.3, 0.4) is 0 Å². The molecule has 0 aromatic heterocycles. The Bertz CT molecular complexity index is 432. The van der Waals surface area contributed by atoms with E-state index in [0.29, 0.717) is 12.4 Å². The Morgan fingerprint density at radius 2 is 2.32 bits per heavy atom. The molecule has 4 nitrogen and oxygen atoms in total. The summed E-state index contributed by atoms with van der Waals surface area (Å²) < 4.78 is 11.8. The fraction of sp³-hybridized carbons (Fsp3) is 0.500. The molecule has 1 amide bonds. The maximum absolute atomic E-state index is 12.0. The van der Waals surface area contributed by atoms with Gasteiger partial charge in [0.05, 0.1) is 17.1 Å². The van der Waals surface area contributed by atoms with Gasteiger partial charge in [0.1, 0.15) is 5.75 Å². The van der Waals surface area contributed by atoms with E-state index in [2.05, 4.69) is 21.2 Å². The summed E-state index contributed by atoms with van der Waals surface area (Å²) in [5.41, 5.74) is 0. The van der Waals surface area contributed by atoms with Crippen LogP contribution in [0, 0.1) is 0 Å². The Balaban J connectivity index is 1.87. The van der Waals surface area contributed by atoms with Gasteiger partial charge in [0.25, 0.3) is 5.91 Å². The highest BCUT2D eigenvalue weighted by Crippen LogP contribution is 2.24. The van der Waals surface area contributed by atoms with Crippen LogP contribution in [0.2, 0.25) is 0 Å². The smallest absolute Gasteiger partial charge is 0.261 e. The summed E-state index contributed by atoms with van der Waals surface area (Å²) in [5.74, 6) is 0.566. The molecule has 0 unspecified atom stereocenters. The molecule has 1 heterocycles. The maximum atomic E-state index is 12.0. The third-order valence-electron chi connectivity index (χ3n) is 3.02. The first-order valence-electron chi connectivity index (χ1n) is 6.46. The maximum Gasteiger partial charge on any atom is 0.261 e. The number of rotatable bonds is 4. The van der Waals surface area contributed by atoms with E-state index in [9.17, 15) is 4.79 Å². The van der Waals surface area contributed by atoms with Gasteiger partial charge in [0, 0.05) is 6.61 Å². The summed E-state index contributed by atoms with van der Waals surface area (Å²) in [6, 6.07) is 7.60. The second kappa shape index (κ2) is 6.91. The molecule has 19 heavy (non-hydrogen) atoms. The van der Waals surface area contributed by atoms with E-state index in [0.717, 1.165) is 23.9 Å². The van der Waals surface area contributed by atoms with Gasteiger partial charge >= 0.3 is 0 Å².